The van der Waals surface area contributed by atoms with Crippen molar-refractivity contribution in [2.75, 3.05) is 6.54 Å². The van der Waals surface area contributed by atoms with E-state index in [4.69, 9.17) is 5.73 Å². The van der Waals surface area contributed by atoms with Crippen molar-refractivity contribution in [2.45, 2.75) is 47.0 Å². The molecule has 0 bridgehead atoms. The maximum Gasteiger partial charge on any atom is -0.00380 e. The molecule has 2 rings (SSSR count). The molecule has 0 saturated heterocycles. The van der Waals surface area contributed by atoms with Gasteiger partial charge in [-0.25, -0.2) is 0 Å². The normalized spacial score (nSPS) is 50.8. The van der Waals surface area contributed by atoms with Crippen molar-refractivity contribution in [3.05, 3.63) is 0 Å². The van der Waals surface area contributed by atoms with E-state index >= 15 is 0 Å². The fourth-order valence-corrected chi connectivity index (χ4v) is 4.13. The minimum Gasteiger partial charge on any atom is -0.330 e. The Hall–Kier alpha value is -0.0400. The van der Waals surface area contributed by atoms with Crippen molar-refractivity contribution < 1.29 is 0 Å². The number of nitrogens with two attached hydrogens (primary N) is 1. The average Bonchev–Trinajstić information content (AvgIpc) is 2.55. The van der Waals surface area contributed by atoms with Crippen LogP contribution in [0.5, 0.6) is 0 Å². The fourth-order valence-electron chi connectivity index (χ4n) is 4.13. The maximum absolute atomic E-state index is 5.90. The second-order valence-electron chi connectivity index (χ2n) is 6.36. The molecule has 0 heterocycles. The van der Waals surface area contributed by atoms with Crippen LogP contribution in [0.1, 0.15) is 47.0 Å². The molecule has 1 nitrogen and oxygen atoms in total. The summed E-state index contributed by atoms with van der Waals surface area (Å²) < 4.78 is 0. The van der Waals surface area contributed by atoms with E-state index in [1.54, 1.807) is 0 Å². The molecule has 0 aromatic rings. The highest BCUT2D eigenvalue weighted by Gasteiger charge is 2.69. The van der Waals surface area contributed by atoms with Crippen LogP contribution in [0, 0.1) is 28.6 Å². The Bertz CT molecular complexity index is 233. The highest BCUT2D eigenvalue weighted by molar-refractivity contribution is 5.18. The Morgan fingerprint density at radius 2 is 1.86 bits per heavy atom. The molecule has 2 aliphatic carbocycles. The summed E-state index contributed by atoms with van der Waals surface area (Å²) in [6, 6.07) is 0. The third-order valence-corrected chi connectivity index (χ3v) is 5.68. The Kier molecular flexibility index (Phi) is 2.23. The van der Waals surface area contributed by atoms with Crippen LogP contribution in [-0.2, 0) is 0 Å². The Balaban J connectivity index is 2.13. The standard InChI is InChI=1S/C13H25N/c1-9-5-6-13(7-10(9)2)11(8-14)12(13,3)4/h9-11H,5-8,14H2,1-4H3. The molecular formula is C13H25N. The van der Waals surface area contributed by atoms with Crippen molar-refractivity contribution >= 4 is 0 Å². The van der Waals surface area contributed by atoms with Gasteiger partial charge in [-0.05, 0) is 54.4 Å². The molecule has 4 atom stereocenters. The lowest BCUT2D eigenvalue weighted by molar-refractivity contribution is 0.155. The van der Waals surface area contributed by atoms with E-state index in [1.165, 1.54) is 19.3 Å². The lowest BCUT2D eigenvalue weighted by Crippen LogP contribution is -2.26. The van der Waals surface area contributed by atoms with Gasteiger partial charge in [0.2, 0.25) is 0 Å². The molecule has 0 aromatic carbocycles. The first-order valence-electron chi connectivity index (χ1n) is 6.16. The van der Waals surface area contributed by atoms with Gasteiger partial charge in [0, 0.05) is 0 Å². The van der Waals surface area contributed by atoms with Crippen LogP contribution >= 0.6 is 0 Å². The lowest BCUT2D eigenvalue weighted by Gasteiger charge is -2.35. The Morgan fingerprint density at radius 1 is 1.21 bits per heavy atom. The summed E-state index contributed by atoms with van der Waals surface area (Å²) in [5, 5.41) is 0. The summed E-state index contributed by atoms with van der Waals surface area (Å²) in [6.45, 7) is 10.6. The SMILES string of the molecule is CC1CCC2(CC1C)C(CN)C2(C)C. The molecule has 0 aromatic heterocycles. The van der Waals surface area contributed by atoms with Crippen molar-refractivity contribution in [3.8, 4) is 0 Å². The smallest absolute Gasteiger partial charge is 0.00380 e. The monoisotopic (exact) mass is 195 g/mol. The van der Waals surface area contributed by atoms with Crippen LogP contribution in [0.4, 0.5) is 0 Å². The van der Waals surface area contributed by atoms with E-state index in [2.05, 4.69) is 27.7 Å². The van der Waals surface area contributed by atoms with E-state index < -0.39 is 0 Å². The first-order chi connectivity index (χ1) is 6.45. The van der Waals surface area contributed by atoms with Gasteiger partial charge in [-0.15, -0.1) is 0 Å². The minimum absolute atomic E-state index is 0.524. The Labute approximate surface area is 88.4 Å². The number of hydrogen-bond acceptors (Lipinski definition) is 1. The van der Waals surface area contributed by atoms with Gasteiger partial charge in [-0.1, -0.05) is 27.7 Å². The molecular weight excluding hydrogens is 170 g/mol. The summed E-state index contributed by atoms with van der Waals surface area (Å²) in [6.07, 6.45) is 4.26. The van der Waals surface area contributed by atoms with E-state index in [0.717, 1.165) is 24.3 Å². The molecule has 4 unspecified atom stereocenters. The largest absolute Gasteiger partial charge is 0.330 e. The van der Waals surface area contributed by atoms with E-state index in [0.29, 0.717) is 10.8 Å². The van der Waals surface area contributed by atoms with Gasteiger partial charge in [0.05, 0.1) is 0 Å². The van der Waals surface area contributed by atoms with Gasteiger partial charge in [0.25, 0.3) is 0 Å². The van der Waals surface area contributed by atoms with Gasteiger partial charge in [-0.2, -0.15) is 0 Å². The highest BCUT2D eigenvalue weighted by atomic mass is 14.8. The molecule has 0 radical (unpaired) electrons. The first-order valence-corrected chi connectivity index (χ1v) is 6.16. The minimum atomic E-state index is 0.524. The lowest BCUT2D eigenvalue weighted by atomic mass is 9.70. The third kappa shape index (κ3) is 1.11. The predicted molar refractivity (Wildman–Crippen MR) is 60.9 cm³/mol. The van der Waals surface area contributed by atoms with Crippen LogP contribution in [-0.4, -0.2) is 6.54 Å². The van der Waals surface area contributed by atoms with Crippen LogP contribution in [0.3, 0.4) is 0 Å². The summed E-state index contributed by atoms with van der Waals surface area (Å²) in [5.41, 5.74) is 7.04. The van der Waals surface area contributed by atoms with Crippen molar-refractivity contribution in [2.24, 2.45) is 34.3 Å². The zero-order valence-electron chi connectivity index (χ0n) is 10.1. The molecule has 1 heteroatoms. The van der Waals surface area contributed by atoms with Gasteiger partial charge >= 0.3 is 0 Å². The molecule has 82 valence electrons. The molecule has 0 amide bonds. The van der Waals surface area contributed by atoms with Gasteiger partial charge in [-0.3, -0.25) is 0 Å². The zero-order chi connectivity index (χ0) is 10.6. The second kappa shape index (κ2) is 2.98. The third-order valence-electron chi connectivity index (χ3n) is 5.68. The molecule has 2 saturated carbocycles. The van der Waals surface area contributed by atoms with Crippen molar-refractivity contribution in [1.29, 1.82) is 0 Å². The molecule has 14 heavy (non-hydrogen) atoms. The number of hydrogen-bond donors (Lipinski definition) is 1. The predicted octanol–water partition coefficient (Wildman–Crippen LogP) is 3.04. The van der Waals surface area contributed by atoms with E-state index in [-0.39, 0.29) is 0 Å². The van der Waals surface area contributed by atoms with Gasteiger partial charge in [0.15, 0.2) is 0 Å². The average molecular weight is 195 g/mol. The second-order valence-corrected chi connectivity index (χ2v) is 6.36. The van der Waals surface area contributed by atoms with Crippen molar-refractivity contribution in [3.63, 3.8) is 0 Å². The topological polar surface area (TPSA) is 26.0 Å². The van der Waals surface area contributed by atoms with Gasteiger partial charge in [0.1, 0.15) is 0 Å². The quantitative estimate of drug-likeness (QED) is 0.684. The van der Waals surface area contributed by atoms with Gasteiger partial charge < -0.3 is 5.73 Å². The number of rotatable bonds is 1. The summed E-state index contributed by atoms with van der Waals surface area (Å²) in [7, 11) is 0. The summed E-state index contributed by atoms with van der Waals surface area (Å²) in [5.74, 6) is 2.62. The fraction of sp³-hybridized carbons (Fsp3) is 1.00. The van der Waals surface area contributed by atoms with Crippen LogP contribution < -0.4 is 5.73 Å². The first kappa shape index (κ1) is 10.5. The molecule has 1 spiro atoms. The molecule has 2 fully saturated rings. The van der Waals surface area contributed by atoms with Crippen molar-refractivity contribution in [1.82, 2.24) is 0 Å². The van der Waals surface area contributed by atoms with Crippen LogP contribution in [0.15, 0.2) is 0 Å². The van der Waals surface area contributed by atoms with E-state index in [1.807, 2.05) is 0 Å². The molecule has 2 N–H and O–H groups in total. The summed E-state index contributed by atoms with van der Waals surface area (Å²) in [4.78, 5) is 0. The zero-order valence-corrected chi connectivity index (χ0v) is 10.1. The Morgan fingerprint density at radius 3 is 2.29 bits per heavy atom. The highest BCUT2D eigenvalue weighted by Crippen LogP contribution is 2.75. The summed E-state index contributed by atoms with van der Waals surface area (Å²) >= 11 is 0. The maximum atomic E-state index is 5.90. The molecule has 0 aliphatic heterocycles. The van der Waals surface area contributed by atoms with Crippen LogP contribution in [0.25, 0.3) is 0 Å². The molecule has 2 aliphatic rings. The van der Waals surface area contributed by atoms with Crippen LogP contribution in [0.2, 0.25) is 0 Å². The van der Waals surface area contributed by atoms with E-state index in [9.17, 15) is 0 Å².